The van der Waals surface area contributed by atoms with Crippen molar-refractivity contribution in [3.63, 3.8) is 0 Å². The van der Waals surface area contributed by atoms with Crippen LogP contribution in [0.2, 0.25) is 0 Å². The molecule has 0 aliphatic heterocycles. The first kappa shape index (κ1) is 124. The highest BCUT2D eigenvalue weighted by molar-refractivity contribution is 7.47. The Labute approximate surface area is 790 Å². The zero-order valence-electron chi connectivity index (χ0n) is 82.6. The van der Waals surface area contributed by atoms with Gasteiger partial charge in [-0.05, 0) is 154 Å². The van der Waals surface area contributed by atoms with Crippen molar-refractivity contribution in [1.29, 1.82) is 0 Å². The minimum Gasteiger partial charge on any atom is -0.463 e. The Bertz CT molecular complexity index is 2980. The van der Waals surface area contributed by atoms with Crippen LogP contribution in [0.3, 0.4) is 0 Å². The Morgan fingerprint density at radius 3 is 0.651 bits per heavy atom. The third kappa shape index (κ3) is 104. The van der Waals surface area contributed by atoms with Crippen LogP contribution in [0.5, 0.6) is 0 Å². The zero-order valence-corrected chi connectivity index (χ0v) is 84.4. The van der Waals surface area contributed by atoms with Gasteiger partial charge >= 0.3 is 33.6 Å². The number of aliphatic hydroxyl groups excluding tert-OH is 2. The van der Waals surface area contributed by atoms with Crippen LogP contribution in [0.4, 0.5) is 0 Å². The van der Waals surface area contributed by atoms with Crippen LogP contribution in [0.1, 0.15) is 470 Å². The Balaban J connectivity index is 4.62. The van der Waals surface area contributed by atoms with Crippen LogP contribution < -0.4 is 0 Å². The number of carbonyl (C=O) groups is 3. The van der Waals surface area contributed by atoms with Gasteiger partial charge in [-0.3, -0.25) is 32.5 Å². The maximum atomic E-state index is 13.1. The van der Waals surface area contributed by atoms with E-state index in [1.54, 1.807) is 0 Å². The smallest absolute Gasteiger partial charge is 0.463 e. The van der Waals surface area contributed by atoms with E-state index in [0.29, 0.717) is 19.3 Å². The summed E-state index contributed by atoms with van der Waals surface area (Å²) < 4.78 is 61.8. The Kier molecular flexibility index (Phi) is 98.3. The molecule has 0 rings (SSSR count). The van der Waals surface area contributed by atoms with Gasteiger partial charge in [0.05, 0.1) is 26.4 Å². The predicted molar refractivity (Wildman–Crippen MR) is 546 cm³/mol. The molecule has 0 heterocycles. The van der Waals surface area contributed by atoms with Crippen molar-refractivity contribution in [2.45, 2.75) is 489 Å². The highest BCUT2D eigenvalue weighted by atomic mass is 31.2. The number of rotatable bonds is 100. The molecular weight excluding hydrogens is 1650 g/mol. The molecule has 0 saturated heterocycles. The fourth-order valence-electron chi connectivity index (χ4n) is 14.7. The summed E-state index contributed by atoms with van der Waals surface area (Å²) in [6, 6.07) is 0. The van der Waals surface area contributed by atoms with Crippen molar-refractivity contribution in [2.75, 3.05) is 39.6 Å². The van der Waals surface area contributed by atoms with Gasteiger partial charge in [-0.2, -0.15) is 0 Å². The Morgan fingerprint density at radius 1 is 0.225 bits per heavy atom. The lowest BCUT2D eigenvalue weighted by Gasteiger charge is -2.21. The highest BCUT2D eigenvalue weighted by Gasteiger charge is 2.30. The van der Waals surface area contributed by atoms with Crippen molar-refractivity contribution in [3.05, 3.63) is 158 Å². The van der Waals surface area contributed by atoms with Gasteiger partial charge in [-0.1, -0.05) is 455 Å². The standard InChI is InChI=1S/C111H194O16P2/c1-4-7-10-13-16-19-22-25-28-31-34-37-40-43-46-49-52-55-58-61-64-67-70-73-76-79-82-85-88-91-94-97-109(114)121-100-106(112)101-123-128(117,118)124-102-107(113)103-125-129(119,120)126-105-108(127-111(116)99-96-93-90-87-84-81-78-75-72-69-66-63-60-57-54-51-48-45-42-39-36-33-30-27-24-21-18-15-12-9-6-3)104-122-110(115)98-95-92-89-86-83-80-77-74-71-68-65-62-59-56-53-50-47-44-41-38-35-32-29-26-23-20-17-14-11-8-5-2/h7,10,16-21,25-30,34-39,43-48,106-108,112-113H,4-6,8-9,11-15,22-24,31-33,40-42,49-105H2,1-3H3,(H,117,118)(H,119,120)/b10-7-,19-16-,20-17-,21-18-,28-25-,29-26-,30-27-,37-34-,38-35-,39-36-,46-43-,47-44-,48-45-. The number of allylic oxidation sites excluding steroid dienone is 26. The van der Waals surface area contributed by atoms with Crippen LogP contribution >= 0.6 is 15.6 Å². The molecule has 744 valence electrons. The summed E-state index contributed by atoms with van der Waals surface area (Å²) in [5, 5.41) is 20.8. The molecule has 0 spiro atoms. The fourth-order valence-corrected chi connectivity index (χ4v) is 16.3. The number of hydrogen-bond donors (Lipinski definition) is 4. The molecule has 0 saturated carbocycles. The van der Waals surface area contributed by atoms with Gasteiger partial charge in [-0.25, -0.2) is 9.13 Å². The Hall–Kier alpha value is -4.83. The quantitative estimate of drug-likeness (QED) is 0.0146. The minimum absolute atomic E-state index is 0.103. The van der Waals surface area contributed by atoms with Crippen molar-refractivity contribution >= 4 is 33.6 Å². The maximum Gasteiger partial charge on any atom is 0.472 e. The van der Waals surface area contributed by atoms with Crippen LogP contribution in [-0.2, 0) is 55.8 Å². The first-order valence-corrected chi connectivity index (χ1v) is 55.8. The summed E-state index contributed by atoms with van der Waals surface area (Å²) in [7, 11) is -9.82. The normalized spacial score (nSPS) is 14.3. The van der Waals surface area contributed by atoms with E-state index in [9.17, 15) is 43.5 Å². The van der Waals surface area contributed by atoms with Gasteiger partial charge in [0.25, 0.3) is 0 Å². The second kappa shape index (κ2) is 102. The molecule has 0 aromatic heterocycles. The molecule has 0 aromatic rings. The highest BCUT2D eigenvalue weighted by Crippen LogP contribution is 2.45. The molecule has 4 N–H and O–H groups in total. The van der Waals surface area contributed by atoms with Gasteiger partial charge < -0.3 is 34.2 Å². The lowest BCUT2D eigenvalue weighted by molar-refractivity contribution is -0.161. The van der Waals surface area contributed by atoms with E-state index >= 15 is 0 Å². The number of aliphatic hydroxyl groups is 2. The van der Waals surface area contributed by atoms with Crippen molar-refractivity contribution in [3.8, 4) is 0 Å². The zero-order chi connectivity index (χ0) is 93.5. The summed E-state index contributed by atoms with van der Waals surface area (Å²) in [5.74, 6) is -1.55. The lowest BCUT2D eigenvalue weighted by Crippen LogP contribution is -2.30. The molecule has 0 amide bonds. The number of carbonyl (C=O) groups excluding carboxylic acids is 3. The largest absolute Gasteiger partial charge is 0.472 e. The molecule has 0 aliphatic carbocycles. The number of phosphoric acid groups is 2. The summed E-state index contributed by atoms with van der Waals surface area (Å²) in [4.78, 5) is 59.3. The number of ether oxygens (including phenoxy) is 3. The molecule has 5 atom stereocenters. The number of phosphoric ester groups is 2. The topological polar surface area (TPSA) is 231 Å². The van der Waals surface area contributed by atoms with Gasteiger partial charge in [-0.15, -0.1) is 0 Å². The molecule has 0 bridgehead atoms. The summed E-state index contributed by atoms with van der Waals surface area (Å²) in [6.45, 7) is 2.61. The SMILES string of the molecule is CC/C=C\C/C=C\C/C=C\C/C=C\C/C=C\CCCCCCCCCCCCCCCCCC(=O)OCC(O)COP(=O)(O)OCC(O)COP(=O)(O)OCC(COC(=O)CCCCCCCCCCCCCCCCC/C=C\C/C=C\C/C=C\C/C=C\CCCCC)OC(=O)CCCCCCCCCCCCCCCCC/C=C\C/C=C\C/C=C\C/C=C\CCCCC. The van der Waals surface area contributed by atoms with Gasteiger partial charge in [0.2, 0.25) is 0 Å². The summed E-state index contributed by atoms with van der Waals surface area (Å²) in [5.41, 5.74) is 0. The Morgan fingerprint density at radius 2 is 0.411 bits per heavy atom. The van der Waals surface area contributed by atoms with Crippen molar-refractivity contribution < 1.29 is 75.8 Å². The van der Waals surface area contributed by atoms with Crippen LogP contribution in [0.25, 0.3) is 0 Å². The number of hydrogen-bond acceptors (Lipinski definition) is 14. The molecule has 16 nitrogen and oxygen atoms in total. The van der Waals surface area contributed by atoms with Crippen LogP contribution in [0, 0.1) is 0 Å². The summed E-state index contributed by atoms with van der Waals surface area (Å²) in [6.07, 6.45) is 133. The number of esters is 3. The second-order valence-corrected chi connectivity index (χ2v) is 38.2. The molecular formula is C111H194O16P2. The van der Waals surface area contributed by atoms with Crippen molar-refractivity contribution in [2.24, 2.45) is 0 Å². The molecule has 0 radical (unpaired) electrons. The van der Waals surface area contributed by atoms with Gasteiger partial charge in [0.1, 0.15) is 25.4 Å². The molecule has 0 aliphatic rings. The molecule has 0 aromatic carbocycles. The van der Waals surface area contributed by atoms with E-state index in [1.165, 1.54) is 276 Å². The van der Waals surface area contributed by atoms with Crippen LogP contribution in [-0.4, -0.2) is 95.9 Å². The first-order valence-electron chi connectivity index (χ1n) is 52.8. The van der Waals surface area contributed by atoms with Crippen LogP contribution in [0.15, 0.2) is 158 Å². The third-order valence-corrected chi connectivity index (χ3v) is 24.6. The molecule has 0 fully saturated rings. The maximum absolute atomic E-state index is 13.1. The van der Waals surface area contributed by atoms with E-state index in [0.717, 1.165) is 135 Å². The van der Waals surface area contributed by atoms with E-state index in [4.69, 9.17) is 32.3 Å². The monoisotopic (exact) mass is 1850 g/mol. The minimum atomic E-state index is -4.95. The average Bonchev–Trinajstić information content (AvgIpc) is 0.895. The van der Waals surface area contributed by atoms with E-state index in [2.05, 4.69) is 179 Å². The van der Waals surface area contributed by atoms with Gasteiger partial charge in [0.15, 0.2) is 6.10 Å². The molecule has 5 unspecified atom stereocenters. The van der Waals surface area contributed by atoms with E-state index in [-0.39, 0.29) is 19.3 Å². The van der Waals surface area contributed by atoms with E-state index in [1.807, 2.05) is 0 Å². The molecule has 129 heavy (non-hydrogen) atoms. The lowest BCUT2D eigenvalue weighted by atomic mass is 10.0. The van der Waals surface area contributed by atoms with E-state index < -0.39 is 91.5 Å². The second-order valence-electron chi connectivity index (χ2n) is 35.3. The fraction of sp³-hybridized carbons (Fsp3) is 0.739. The average molecular weight is 1850 g/mol. The first-order chi connectivity index (χ1) is 63.2. The van der Waals surface area contributed by atoms with Gasteiger partial charge in [0, 0.05) is 19.3 Å². The summed E-state index contributed by atoms with van der Waals surface area (Å²) >= 11 is 0. The van der Waals surface area contributed by atoms with Crippen molar-refractivity contribution in [1.82, 2.24) is 0 Å². The third-order valence-electron chi connectivity index (χ3n) is 22.7. The molecule has 18 heteroatoms. The number of unbranched alkanes of at least 4 members (excludes halogenated alkanes) is 51. The predicted octanol–water partition coefficient (Wildman–Crippen LogP) is 33.6.